The Kier molecular flexibility index (Phi) is 3.72. The summed E-state index contributed by atoms with van der Waals surface area (Å²) in [5.41, 5.74) is 0. The number of carbonyl (C=O) groups is 1. The van der Waals surface area contributed by atoms with Crippen molar-refractivity contribution < 1.29 is 4.79 Å². The number of hydrogen-bond acceptors (Lipinski definition) is 3. The Morgan fingerprint density at radius 1 is 1.67 bits per heavy atom. The van der Waals surface area contributed by atoms with Crippen LogP contribution < -0.4 is 5.32 Å². The maximum Gasteiger partial charge on any atom is 0.230 e. The summed E-state index contributed by atoms with van der Waals surface area (Å²) in [7, 11) is 0. The Balaban J connectivity index is 2.15. The number of amides is 1. The van der Waals surface area contributed by atoms with Gasteiger partial charge < -0.3 is 5.32 Å². The molecular weight excluding hydrogens is 224 g/mol. The maximum absolute atomic E-state index is 10.7. The lowest BCUT2D eigenvalue weighted by Gasteiger charge is -2.01. The van der Waals surface area contributed by atoms with Crippen LogP contribution in [0.5, 0.6) is 0 Å². The topological polar surface area (TPSA) is 59.8 Å². The fraction of sp³-hybridized carbons (Fsp3) is 0.500. The van der Waals surface area contributed by atoms with Crippen LogP contribution in [0.25, 0.3) is 0 Å². The van der Waals surface area contributed by atoms with Gasteiger partial charge in [0.05, 0.1) is 18.1 Å². The molecule has 66 valence electrons. The molecule has 6 heteroatoms. The third-order valence-corrected chi connectivity index (χ3v) is 1.77. The van der Waals surface area contributed by atoms with Gasteiger partial charge in [0.1, 0.15) is 0 Å². The Labute approximate surface area is 78.3 Å². The monoisotopic (exact) mass is 232 g/mol. The molecule has 1 amide bonds. The predicted octanol–water partition coefficient (Wildman–Crippen LogP) is -0.211. The molecule has 1 rings (SSSR count). The summed E-state index contributed by atoms with van der Waals surface area (Å²) < 4.78 is 1.66. The van der Waals surface area contributed by atoms with Crippen molar-refractivity contribution in [3.8, 4) is 0 Å². The molecule has 0 aromatic carbocycles. The van der Waals surface area contributed by atoms with E-state index >= 15 is 0 Å². The van der Waals surface area contributed by atoms with Gasteiger partial charge in [0, 0.05) is 12.7 Å². The molecule has 1 aromatic heterocycles. The molecule has 0 saturated heterocycles. The van der Waals surface area contributed by atoms with E-state index in [0.717, 1.165) is 0 Å². The van der Waals surface area contributed by atoms with Crippen molar-refractivity contribution in [3.63, 3.8) is 0 Å². The Morgan fingerprint density at radius 2 is 2.50 bits per heavy atom. The predicted molar refractivity (Wildman–Crippen MR) is 46.8 cm³/mol. The fourth-order valence-corrected chi connectivity index (χ4v) is 0.907. The number of hydrogen-bond donors (Lipinski definition) is 1. The van der Waals surface area contributed by atoms with E-state index in [1.54, 1.807) is 17.1 Å². The minimum absolute atomic E-state index is 0.0184. The molecule has 0 aliphatic carbocycles. The smallest absolute Gasteiger partial charge is 0.230 e. The molecule has 0 atom stereocenters. The zero-order valence-corrected chi connectivity index (χ0v) is 7.99. The van der Waals surface area contributed by atoms with Crippen molar-refractivity contribution in [2.45, 2.75) is 6.54 Å². The second kappa shape index (κ2) is 4.87. The first-order chi connectivity index (χ1) is 5.83. The summed E-state index contributed by atoms with van der Waals surface area (Å²) in [5.74, 6) is -0.0184. The van der Waals surface area contributed by atoms with E-state index in [0.29, 0.717) is 18.4 Å². The molecular formula is C6H9BrN4O. The van der Waals surface area contributed by atoms with E-state index < -0.39 is 0 Å². The first-order valence-corrected chi connectivity index (χ1v) is 4.62. The first kappa shape index (κ1) is 9.18. The molecule has 1 aromatic rings. The van der Waals surface area contributed by atoms with Crippen molar-refractivity contribution >= 4 is 21.8 Å². The molecule has 0 unspecified atom stereocenters. The number of carbonyl (C=O) groups excluding carboxylic acids is 1. The number of halogens is 1. The van der Waals surface area contributed by atoms with Gasteiger partial charge in [-0.3, -0.25) is 9.48 Å². The number of nitrogens with zero attached hydrogens (tertiary/aromatic N) is 3. The Hall–Kier alpha value is -0.910. The summed E-state index contributed by atoms with van der Waals surface area (Å²) >= 11 is 3.05. The number of nitrogens with one attached hydrogen (secondary N) is 1. The van der Waals surface area contributed by atoms with Gasteiger partial charge in [-0.25, -0.2) is 0 Å². The average Bonchev–Trinajstić information content (AvgIpc) is 2.57. The number of aromatic nitrogens is 3. The normalized spacial score (nSPS) is 9.75. The molecule has 12 heavy (non-hydrogen) atoms. The van der Waals surface area contributed by atoms with E-state index in [1.165, 1.54) is 0 Å². The van der Waals surface area contributed by atoms with E-state index in [4.69, 9.17) is 0 Å². The first-order valence-electron chi connectivity index (χ1n) is 3.49. The molecule has 1 heterocycles. The SMILES string of the molecule is O=C(CBr)NCCn1ccnn1. The summed E-state index contributed by atoms with van der Waals surface area (Å²) in [6, 6.07) is 0. The van der Waals surface area contributed by atoms with Crippen LogP contribution in [0.3, 0.4) is 0 Å². The van der Waals surface area contributed by atoms with Crippen LogP contribution in [0.15, 0.2) is 12.4 Å². The Bertz CT molecular complexity index is 236. The minimum atomic E-state index is -0.0184. The molecule has 0 fully saturated rings. The van der Waals surface area contributed by atoms with Crippen LogP contribution in [0.4, 0.5) is 0 Å². The van der Waals surface area contributed by atoms with Gasteiger partial charge in [0.15, 0.2) is 0 Å². The molecule has 0 spiro atoms. The molecule has 0 aliphatic heterocycles. The van der Waals surface area contributed by atoms with E-state index in [9.17, 15) is 4.79 Å². The van der Waals surface area contributed by atoms with Crippen LogP contribution >= 0.6 is 15.9 Å². The minimum Gasteiger partial charge on any atom is -0.354 e. The van der Waals surface area contributed by atoms with Gasteiger partial charge in [-0.15, -0.1) is 5.10 Å². The summed E-state index contributed by atoms with van der Waals surface area (Å²) in [6.45, 7) is 1.23. The maximum atomic E-state index is 10.7. The van der Waals surface area contributed by atoms with Crippen LogP contribution in [0.1, 0.15) is 0 Å². The van der Waals surface area contributed by atoms with Gasteiger partial charge in [-0.05, 0) is 0 Å². The molecule has 0 aliphatic rings. The quantitative estimate of drug-likeness (QED) is 0.732. The van der Waals surface area contributed by atoms with Crippen LogP contribution in [0.2, 0.25) is 0 Å². The molecule has 0 radical (unpaired) electrons. The van der Waals surface area contributed by atoms with Crippen molar-refractivity contribution in [3.05, 3.63) is 12.4 Å². The van der Waals surface area contributed by atoms with Crippen molar-refractivity contribution in [1.82, 2.24) is 20.3 Å². The fourth-order valence-electron chi connectivity index (χ4n) is 0.709. The number of rotatable bonds is 4. The van der Waals surface area contributed by atoms with Crippen molar-refractivity contribution in [2.24, 2.45) is 0 Å². The van der Waals surface area contributed by atoms with Gasteiger partial charge in [-0.2, -0.15) is 0 Å². The lowest BCUT2D eigenvalue weighted by Crippen LogP contribution is -2.28. The highest BCUT2D eigenvalue weighted by atomic mass is 79.9. The van der Waals surface area contributed by atoms with Gasteiger partial charge >= 0.3 is 0 Å². The van der Waals surface area contributed by atoms with E-state index in [1.807, 2.05) is 0 Å². The highest BCUT2D eigenvalue weighted by Crippen LogP contribution is 1.81. The summed E-state index contributed by atoms with van der Waals surface area (Å²) in [4.78, 5) is 10.7. The van der Waals surface area contributed by atoms with Crippen molar-refractivity contribution in [1.29, 1.82) is 0 Å². The zero-order valence-electron chi connectivity index (χ0n) is 6.40. The average molecular weight is 233 g/mol. The Morgan fingerprint density at radius 3 is 3.08 bits per heavy atom. The van der Waals surface area contributed by atoms with Crippen LogP contribution in [0, 0.1) is 0 Å². The van der Waals surface area contributed by atoms with E-state index in [2.05, 4.69) is 31.6 Å². The summed E-state index contributed by atoms with van der Waals surface area (Å²) in [6.07, 6.45) is 3.35. The highest BCUT2D eigenvalue weighted by molar-refractivity contribution is 9.09. The van der Waals surface area contributed by atoms with Crippen LogP contribution in [-0.4, -0.2) is 32.8 Å². The molecule has 0 saturated carbocycles. The van der Waals surface area contributed by atoms with E-state index in [-0.39, 0.29) is 5.91 Å². The lowest BCUT2D eigenvalue weighted by molar-refractivity contribution is -0.118. The second-order valence-electron chi connectivity index (χ2n) is 2.15. The largest absolute Gasteiger partial charge is 0.354 e. The molecule has 5 nitrogen and oxygen atoms in total. The van der Waals surface area contributed by atoms with Gasteiger partial charge in [-0.1, -0.05) is 21.1 Å². The van der Waals surface area contributed by atoms with Gasteiger partial charge in [0.2, 0.25) is 5.91 Å². The molecule has 0 bridgehead atoms. The van der Waals surface area contributed by atoms with Crippen LogP contribution in [-0.2, 0) is 11.3 Å². The highest BCUT2D eigenvalue weighted by Gasteiger charge is 1.96. The molecule has 1 N–H and O–H groups in total. The summed E-state index contributed by atoms with van der Waals surface area (Å²) in [5, 5.41) is 10.4. The third kappa shape index (κ3) is 3.00. The number of alkyl halides is 1. The van der Waals surface area contributed by atoms with Gasteiger partial charge in [0.25, 0.3) is 0 Å². The standard InChI is InChI=1S/C6H9BrN4O/c7-5-6(12)8-1-3-11-4-2-9-10-11/h2,4H,1,3,5H2,(H,8,12). The van der Waals surface area contributed by atoms with Crippen molar-refractivity contribution in [2.75, 3.05) is 11.9 Å². The zero-order chi connectivity index (χ0) is 8.81. The lowest BCUT2D eigenvalue weighted by atomic mass is 10.6. The third-order valence-electron chi connectivity index (χ3n) is 1.26. The second-order valence-corrected chi connectivity index (χ2v) is 2.71.